The van der Waals surface area contributed by atoms with E-state index < -0.39 is 0 Å². The Hall–Kier alpha value is 0.01000. The molecule has 0 radical (unpaired) electrons. The molecule has 1 atom stereocenters. The minimum Gasteiger partial charge on any atom is -0.330 e. The highest BCUT2D eigenvalue weighted by molar-refractivity contribution is 9.10. The van der Waals surface area contributed by atoms with Crippen LogP contribution < -0.4 is 5.73 Å². The third kappa shape index (κ3) is 1.86. The van der Waals surface area contributed by atoms with Crippen molar-refractivity contribution < 1.29 is 0 Å². The molecule has 2 N–H and O–H groups in total. The summed E-state index contributed by atoms with van der Waals surface area (Å²) in [5, 5.41) is 0. The molecule has 1 fully saturated rings. The molecule has 76 valence electrons. The Kier molecular flexibility index (Phi) is 3.20. The van der Waals surface area contributed by atoms with Crippen LogP contribution in [0.15, 0.2) is 28.7 Å². The molecule has 0 spiro atoms. The maximum Gasteiger partial charge on any atom is 0.0178 e. The van der Waals surface area contributed by atoms with Gasteiger partial charge in [0, 0.05) is 22.2 Å². The van der Waals surface area contributed by atoms with Crippen molar-refractivity contribution >= 4 is 27.7 Å². The highest BCUT2D eigenvalue weighted by Crippen LogP contribution is 2.38. The smallest absolute Gasteiger partial charge is 0.0178 e. The van der Waals surface area contributed by atoms with Crippen LogP contribution >= 0.6 is 27.7 Å². The summed E-state index contributed by atoms with van der Waals surface area (Å²) in [4.78, 5) is 0. The second-order valence-electron chi connectivity index (χ2n) is 3.80. The fourth-order valence-electron chi connectivity index (χ4n) is 1.93. The largest absolute Gasteiger partial charge is 0.330 e. The van der Waals surface area contributed by atoms with E-state index in [-0.39, 0.29) is 5.41 Å². The van der Waals surface area contributed by atoms with Gasteiger partial charge in [-0.25, -0.2) is 0 Å². The second-order valence-corrected chi connectivity index (χ2v) is 5.82. The molecule has 0 bridgehead atoms. The van der Waals surface area contributed by atoms with Gasteiger partial charge in [0.25, 0.3) is 0 Å². The van der Waals surface area contributed by atoms with Crippen LogP contribution in [0.4, 0.5) is 0 Å². The highest BCUT2D eigenvalue weighted by Gasteiger charge is 2.34. The van der Waals surface area contributed by atoms with Crippen molar-refractivity contribution in [3.8, 4) is 0 Å². The van der Waals surface area contributed by atoms with Gasteiger partial charge in [-0.15, -0.1) is 0 Å². The lowest BCUT2D eigenvalue weighted by Crippen LogP contribution is -2.34. The van der Waals surface area contributed by atoms with Crippen LogP contribution in [0.3, 0.4) is 0 Å². The van der Waals surface area contributed by atoms with Crippen molar-refractivity contribution in [3.05, 3.63) is 34.3 Å². The average molecular weight is 272 g/mol. The van der Waals surface area contributed by atoms with Crippen molar-refractivity contribution in [2.45, 2.75) is 11.8 Å². The maximum absolute atomic E-state index is 5.92. The fraction of sp³-hybridized carbons (Fsp3) is 0.455. The highest BCUT2D eigenvalue weighted by atomic mass is 79.9. The van der Waals surface area contributed by atoms with Gasteiger partial charge in [0.2, 0.25) is 0 Å². The monoisotopic (exact) mass is 271 g/mol. The zero-order chi connectivity index (χ0) is 10.0. The van der Waals surface area contributed by atoms with Crippen molar-refractivity contribution in [1.29, 1.82) is 0 Å². The Bertz CT molecular complexity index is 321. The molecule has 1 aromatic carbocycles. The molecule has 1 aliphatic heterocycles. The predicted molar refractivity (Wildman–Crippen MR) is 66.8 cm³/mol. The minimum atomic E-state index is 0.231. The van der Waals surface area contributed by atoms with Crippen LogP contribution in [0.1, 0.15) is 12.0 Å². The van der Waals surface area contributed by atoms with Gasteiger partial charge in [0.1, 0.15) is 0 Å². The average Bonchev–Trinajstić information content (AvgIpc) is 2.67. The Labute approximate surface area is 97.6 Å². The van der Waals surface area contributed by atoms with Crippen LogP contribution in [0.5, 0.6) is 0 Å². The van der Waals surface area contributed by atoms with E-state index in [0.717, 1.165) is 11.0 Å². The van der Waals surface area contributed by atoms with E-state index >= 15 is 0 Å². The topological polar surface area (TPSA) is 26.0 Å². The Morgan fingerprint density at radius 1 is 1.50 bits per heavy atom. The molecule has 1 unspecified atom stereocenters. The number of thioether (sulfide) groups is 1. The van der Waals surface area contributed by atoms with E-state index in [1.807, 2.05) is 11.8 Å². The summed E-state index contributed by atoms with van der Waals surface area (Å²) < 4.78 is 1.15. The van der Waals surface area contributed by atoms with Crippen LogP contribution in [0.2, 0.25) is 0 Å². The summed E-state index contributed by atoms with van der Waals surface area (Å²) >= 11 is 5.53. The van der Waals surface area contributed by atoms with E-state index in [0.29, 0.717) is 0 Å². The van der Waals surface area contributed by atoms with Crippen molar-refractivity contribution in [3.63, 3.8) is 0 Å². The molecule has 1 aromatic rings. The molecule has 0 saturated carbocycles. The molecule has 1 saturated heterocycles. The summed E-state index contributed by atoms with van der Waals surface area (Å²) in [6.45, 7) is 0.760. The van der Waals surface area contributed by atoms with Crippen LogP contribution in [-0.2, 0) is 5.41 Å². The number of halogens is 1. The van der Waals surface area contributed by atoms with Gasteiger partial charge in [-0.2, -0.15) is 11.8 Å². The summed E-state index contributed by atoms with van der Waals surface area (Å²) in [6.07, 6.45) is 1.21. The normalized spacial score (nSPS) is 26.7. The summed E-state index contributed by atoms with van der Waals surface area (Å²) in [7, 11) is 0. The molecule has 1 nitrogen and oxygen atoms in total. The maximum atomic E-state index is 5.92. The van der Waals surface area contributed by atoms with Crippen molar-refractivity contribution in [2.75, 3.05) is 18.1 Å². The fourth-order valence-corrected chi connectivity index (χ4v) is 3.83. The lowest BCUT2D eigenvalue weighted by atomic mass is 9.80. The van der Waals surface area contributed by atoms with Gasteiger partial charge in [0.15, 0.2) is 0 Å². The summed E-state index contributed by atoms with van der Waals surface area (Å²) in [5.74, 6) is 2.41. The van der Waals surface area contributed by atoms with E-state index in [2.05, 4.69) is 40.2 Å². The second kappa shape index (κ2) is 4.25. The molecule has 0 aliphatic carbocycles. The molecule has 0 amide bonds. The summed E-state index contributed by atoms with van der Waals surface area (Å²) in [5.41, 5.74) is 7.54. The molecule has 1 heterocycles. The first-order valence-electron chi connectivity index (χ1n) is 4.81. The molecule has 1 aliphatic rings. The van der Waals surface area contributed by atoms with Gasteiger partial charge in [-0.1, -0.05) is 28.1 Å². The lowest BCUT2D eigenvalue weighted by Gasteiger charge is -2.27. The van der Waals surface area contributed by atoms with E-state index in [9.17, 15) is 0 Å². The Balaban J connectivity index is 2.35. The third-order valence-corrected chi connectivity index (χ3v) is 4.67. The third-order valence-electron chi connectivity index (χ3n) is 2.93. The van der Waals surface area contributed by atoms with E-state index in [1.54, 1.807) is 0 Å². The molecular formula is C11H14BrNS. The number of benzene rings is 1. The van der Waals surface area contributed by atoms with Crippen LogP contribution in [-0.4, -0.2) is 18.1 Å². The van der Waals surface area contributed by atoms with Crippen LogP contribution in [0, 0.1) is 0 Å². The zero-order valence-electron chi connectivity index (χ0n) is 8.00. The number of rotatable bonds is 2. The lowest BCUT2D eigenvalue weighted by molar-refractivity contribution is 0.497. The SMILES string of the molecule is NCC1(c2cccc(Br)c2)CCSC1. The predicted octanol–water partition coefficient (Wildman–Crippen LogP) is 2.78. The number of hydrogen-bond acceptors (Lipinski definition) is 2. The number of nitrogens with two attached hydrogens (primary N) is 1. The van der Waals surface area contributed by atoms with Gasteiger partial charge in [0.05, 0.1) is 0 Å². The van der Waals surface area contributed by atoms with Gasteiger partial charge in [-0.3, -0.25) is 0 Å². The number of hydrogen-bond donors (Lipinski definition) is 1. The van der Waals surface area contributed by atoms with Crippen molar-refractivity contribution in [2.24, 2.45) is 5.73 Å². The summed E-state index contributed by atoms with van der Waals surface area (Å²) in [6, 6.07) is 8.57. The van der Waals surface area contributed by atoms with E-state index in [4.69, 9.17) is 5.73 Å². The van der Waals surface area contributed by atoms with Crippen LogP contribution in [0.25, 0.3) is 0 Å². The first-order chi connectivity index (χ1) is 6.77. The van der Waals surface area contributed by atoms with E-state index in [1.165, 1.54) is 23.5 Å². The first kappa shape index (κ1) is 10.5. The molecule has 2 rings (SSSR count). The van der Waals surface area contributed by atoms with Crippen molar-refractivity contribution in [1.82, 2.24) is 0 Å². The standard InChI is InChI=1S/C11H14BrNS/c12-10-3-1-2-9(6-10)11(7-13)4-5-14-8-11/h1-3,6H,4-5,7-8,13H2. The van der Waals surface area contributed by atoms with Gasteiger partial charge < -0.3 is 5.73 Å². The molecule has 14 heavy (non-hydrogen) atoms. The Morgan fingerprint density at radius 2 is 2.36 bits per heavy atom. The minimum absolute atomic E-state index is 0.231. The van der Waals surface area contributed by atoms with Gasteiger partial charge in [-0.05, 0) is 29.9 Å². The first-order valence-corrected chi connectivity index (χ1v) is 6.75. The molecule has 0 aromatic heterocycles. The Morgan fingerprint density at radius 3 is 2.93 bits per heavy atom. The molecule has 3 heteroatoms. The zero-order valence-corrected chi connectivity index (χ0v) is 10.4. The quantitative estimate of drug-likeness (QED) is 0.896. The van der Waals surface area contributed by atoms with Gasteiger partial charge >= 0.3 is 0 Å². The molecular weight excluding hydrogens is 258 g/mol.